The second kappa shape index (κ2) is 5.90. The number of nitrogens with zero attached hydrogens (tertiary/aromatic N) is 2. The lowest BCUT2D eigenvalue weighted by molar-refractivity contribution is -0.384. The molecule has 1 fully saturated rings. The number of non-ortho nitro benzene ring substituents is 1. The number of rotatable bonds is 4. The summed E-state index contributed by atoms with van der Waals surface area (Å²) in [6, 6.07) is 3.38. The molecule has 1 aliphatic carbocycles. The second-order valence-corrected chi connectivity index (χ2v) is 5.19. The molecule has 0 aromatic heterocycles. The third-order valence-corrected chi connectivity index (χ3v) is 3.82. The SMILES string of the molecule is CN(C(=O)c1cc(C(=O)O)cc([N+](=O)[O-])c1)C1CCCC1. The van der Waals surface area contributed by atoms with E-state index in [4.69, 9.17) is 5.11 Å². The van der Waals surface area contributed by atoms with Crippen molar-refractivity contribution >= 4 is 17.6 Å². The van der Waals surface area contributed by atoms with Gasteiger partial charge in [0, 0.05) is 30.8 Å². The minimum Gasteiger partial charge on any atom is -0.478 e. The van der Waals surface area contributed by atoms with Crippen LogP contribution >= 0.6 is 0 Å². The largest absolute Gasteiger partial charge is 0.478 e. The molecule has 0 aliphatic heterocycles. The summed E-state index contributed by atoms with van der Waals surface area (Å²) in [4.78, 5) is 35.1. The highest BCUT2D eigenvalue weighted by atomic mass is 16.6. The standard InChI is InChI=1S/C14H16N2O5/c1-15(11-4-2-3-5-11)13(17)9-6-10(14(18)19)8-12(7-9)16(20)21/h6-8,11H,2-5H2,1H3,(H,18,19). The Labute approximate surface area is 121 Å². The van der Waals surface area contributed by atoms with Gasteiger partial charge in [-0.25, -0.2) is 4.79 Å². The summed E-state index contributed by atoms with van der Waals surface area (Å²) >= 11 is 0. The van der Waals surface area contributed by atoms with Crippen LogP contribution in [0.25, 0.3) is 0 Å². The molecule has 1 aromatic carbocycles. The number of nitro groups is 1. The molecule has 0 atom stereocenters. The van der Waals surface area contributed by atoms with Gasteiger partial charge in [-0.1, -0.05) is 12.8 Å². The molecule has 0 unspecified atom stereocenters. The van der Waals surface area contributed by atoms with Gasteiger partial charge in [-0.2, -0.15) is 0 Å². The Morgan fingerprint density at radius 3 is 2.33 bits per heavy atom. The van der Waals surface area contributed by atoms with Gasteiger partial charge in [-0.15, -0.1) is 0 Å². The molecule has 1 amide bonds. The molecule has 0 bridgehead atoms. The number of carbonyl (C=O) groups is 2. The molecule has 7 nitrogen and oxygen atoms in total. The van der Waals surface area contributed by atoms with Crippen LogP contribution in [0.4, 0.5) is 5.69 Å². The molecule has 2 rings (SSSR count). The summed E-state index contributed by atoms with van der Waals surface area (Å²) in [7, 11) is 1.65. The molecule has 7 heteroatoms. The fourth-order valence-electron chi connectivity index (χ4n) is 2.62. The number of carboxylic acids is 1. The van der Waals surface area contributed by atoms with Crippen molar-refractivity contribution in [1.82, 2.24) is 4.90 Å². The number of nitro benzene ring substituents is 1. The average molecular weight is 292 g/mol. The van der Waals surface area contributed by atoms with Crippen LogP contribution in [0.2, 0.25) is 0 Å². The van der Waals surface area contributed by atoms with E-state index in [9.17, 15) is 19.7 Å². The lowest BCUT2D eigenvalue weighted by Gasteiger charge is -2.24. The number of benzene rings is 1. The van der Waals surface area contributed by atoms with Crippen molar-refractivity contribution in [3.8, 4) is 0 Å². The first-order valence-electron chi connectivity index (χ1n) is 6.70. The van der Waals surface area contributed by atoms with Crippen molar-refractivity contribution in [2.45, 2.75) is 31.7 Å². The van der Waals surface area contributed by atoms with Gasteiger partial charge in [0.05, 0.1) is 10.5 Å². The second-order valence-electron chi connectivity index (χ2n) is 5.19. The summed E-state index contributed by atoms with van der Waals surface area (Å²) in [5.41, 5.74) is -0.610. The van der Waals surface area contributed by atoms with Gasteiger partial charge in [0.2, 0.25) is 0 Å². The normalized spacial score (nSPS) is 14.9. The Balaban J connectivity index is 2.35. The number of aromatic carboxylic acids is 1. The van der Waals surface area contributed by atoms with E-state index in [1.807, 2.05) is 0 Å². The van der Waals surface area contributed by atoms with Crippen LogP contribution in [0.3, 0.4) is 0 Å². The first-order valence-corrected chi connectivity index (χ1v) is 6.70. The number of carboxylic acid groups (broad SMARTS) is 1. The fourth-order valence-corrected chi connectivity index (χ4v) is 2.62. The van der Waals surface area contributed by atoms with E-state index < -0.39 is 16.6 Å². The highest BCUT2D eigenvalue weighted by Gasteiger charge is 2.26. The Bertz CT molecular complexity index is 561. The van der Waals surface area contributed by atoms with E-state index in [-0.39, 0.29) is 23.1 Å². The summed E-state index contributed by atoms with van der Waals surface area (Å²) in [5, 5.41) is 19.9. The summed E-state index contributed by atoms with van der Waals surface area (Å²) in [6.45, 7) is 0. The van der Waals surface area contributed by atoms with Crippen molar-refractivity contribution in [2.75, 3.05) is 7.05 Å². The van der Waals surface area contributed by atoms with Crippen molar-refractivity contribution in [3.05, 3.63) is 39.4 Å². The Morgan fingerprint density at radius 1 is 1.24 bits per heavy atom. The van der Waals surface area contributed by atoms with E-state index in [0.717, 1.165) is 37.8 Å². The lowest BCUT2D eigenvalue weighted by Crippen LogP contribution is -2.35. The van der Waals surface area contributed by atoms with E-state index >= 15 is 0 Å². The predicted molar refractivity (Wildman–Crippen MR) is 74.4 cm³/mol. The third-order valence-electron chi connectivity index (χ3n) is 3.82. The zero-order valence-corrected chi connectivity index (χ0v) is 11.6. The molecule has 0 saturated heterocycles. The van der Waals surface area contributed by atoms with Crippen LogP contribution in [0.1, 0.15) is 46.4 Å². The first kappa shape index (κ1) is 15.0. The minimum atomic E-state index is -1.30. The topological polar surface area (TPSA) is 101 Å². The summed E-state index contributed by atoms with van der Waals surface area (Å²) in [6.07, 6.45) is 3.92. The number of amides is 1. The molecule has 1 aromatic rings. The molecular weight excluding hydrogens is 276 g/mol. The first-order chi connectivity index (χ1) is 9.90. The van der Waals surface area contributed by atoms with Gasteiger partial charge in [0.25, 0.3) is 11.6 Å². The highest BCUT2D eigenvalue weighted by molar-refractivity contribution is 5.98. The fraction of sp³-hybridized carbons (Fsp3) is 0.429. The zero-order valence-electron chi connectivity index (χ0n) is 11.6. The molecule has 21 heavy (non-hydrogen) atoms. The molecule has 112 valence electrons. The predicted octanol–water partition coefficient (Wildman–Crippen LogP) is 2.31. The molecule has 0 heterocycles. The number of carbonyl (C=O) groups excluding carboxylic acids is 1. The van der Waals surface area contributed by atoms with Gasteiger partial charge < -0.3 is 10.0 Å². The molecule has 0 spiro atoms. The average Bonchev–Trinajstić information content (AvgIpc) is 2.99. The maximum absolute atomic E-state index is 12.4. The van der Waals surface area contributed by atoms with Crippen LogP contribution in [0.15, 0.2) is 18.2 Å². The molecule has 0 radical (unpaired) electrons. The van der Waals surface area contributed by atoms with E-state index in [1.165, 1.54) is 6.07 Å². The van der Waals surface area contributed by atoms with Crippen molar-refractivity contribution in [2.24, 2.45) is 0 Å². The lowest BCUT2D eigenvalue weighted by atomic mass is 10.1. The van der Waals surface area contributed by atoms with Crippen LogP contribution in [0, 0.1) is 10.1 Å². The van der Waals surface area contributed by atoms with E-state index in [1.54, 1.807) is 11.9 Å². The highest BCUT2D eigenvalue weighted by Crippen LogP contribution is 2.25. The Kier molecular flexibility index (Phi) is 4.21. The zero-order chi connectivity index (χ0) is 15.6. The third kappa shape index (κ3) is 3.18. The molecule has 1 N–H and O–H groups in total. The van der Waals surface area contributed by atoms with Crippen molar-refractivity contribution in [3.63, 3.8) is 0 Å². The quantitative estimate of drug-likeness (QED) is 0.677. The summed E-state index contributed by atoms with van der Waals surface area (Å²) in [5.74, 6) is -1.68. The maximum Gasteiger partial charge on any atom is 0.335 e. The Hall–Kier alpha value is -2.44. The molecule has 1 aliphatic rings. The van der Waals surface area contributed by atoms with Gasteiger partial charge >= 0.3 is 5.97 Å². The van der Waals surface area contributed by atoms with Gasteiger partial charge in [-0.05, 0) is 18.9 Å². The van der Waals surface area contributed by atoms with Crippen molar-refractivity contribution < 1.29 is 19.6 Å². The smallest absolute Gasteiger partial charge is 0.335 e. The van der Waals surface area contributed by atoms with Crippen LogP contribution in [0.5, 0.6) is 0 Å². The number of hydrogen-bond acceptors (Lipinski definition) is 4. The Morgan fingerprint density at radius 2 is 1.81 bits per heavy atom. The van der Waals surface area contributed by atoms with Crippen LogP contribution in [-0.4, -0.2) is 39.9 Å². The molecule has 1 saturated carbocycles. The maximum atomic E-state index is 12.4. The van der Waals surface area contributed by atoms with Crippen molar-refractivity contribution in [1.29, 1.82) is 0 Å². The van der Waals surface area contributed by atoms with Gasteiger partial charge in [-0.3, -0.25) is 14.9 Å². The minimum absolute atomic E-state index is 0.0380. The van der Waals surface area contributed by atoms with E-state index in [2.05, 4.69) is 0 Å². The summed E-state index contributed by atoms with van der Waals surface area (Å²) < 4.78 is 0. The van der Waals surface area contributed by atoms with Gasteiger partial charge in [0.1, 0.15) is 0 Å². The van der Waals surface area contributed by atoms with Crippen LogP contribution in [-0.2, 0) is 0 Å². The monoisotopic (exact) mass is 292 g/mol. The van der Waals surface area contributed by atoms with Gasteiger partial charge in [0.15, 0.2) is 0 Å². The van der Waals surface area contributed by atoms with Crippen LogP contribution < -0.4 is 0 Å². The van der Waals surface area contributed by atoms with E-state index in [0.29, 0.717) is 0 Å². The molecular formula is C14H16N2O5. The number of hydrogen-bond donors (Lipinski definition) is 1.